The van der Waals surface area contributed by atoms with Crippen molar-refractivity contribution in [3.63, 3.8) is 0 Å². The molecule has 0 aliphatic carbocycles. The second-order valence-electron chi connectivity index (χ2n) is 10.3. The van der Waals surface area contributed by atoms with E-state index in [4.69, 9.17) is 10.5 Å². The first-order chi connectivity index (χ1) is 18.9. The summed E-state index contributed by atoms with van der Waals surface area (Å²) in [6, 6.07) is 30.5. The maximum Gasteiger partial charge on any atom is 0.260 e. The Labute approximate surface area is 229 Å². The number of hydrogen-bond acceptors (Lipinski definition) is 4. The predicted octanol–water partition coefficient (Wildman–Crippen LogP) is 6.24. The van der Waals surface area contributed by atoms with Crippen LogP contribution >= 0.6 is 0 Å². The molecule has 1 aliphatic rings. The first kappa shape index (κ1) is 26.4. The molecule has 0 spiro atoms. The lowest BCUT2D eigenvalue weighted by atomic mass is 9.96. The molecular weight excluding hydrogens is 489 g/mol. The summed E-state index contributed by atoms with van der Waals surface area (Å²) in [5.74, 6) is 0.360. The molecule has 39 heavy (non-hydrogen) atoms. The van der Waals surface area contributed by atoms with Gasteiger partial charge in [-0.3, -0.25) is 9.69 Å². The van der Waals surface area contributed by atoms with Gasteiger partial charge in [0.05, 0.1) is 0 Å². The van der Waals surface area contributed by atoms with Gasteiger partial charge in [-0.1, -0.05) is 72.8 Å². The minimum Gasteiger partial charge on any atom is -0.482 e. The molecule has 0 saturated carbocycles. The van der Waals surface area contributed by atoms with Gasteiger partial charge < -0.3 is 15.4 Å². The molecule has 0 unspecified atom stereocenters. The summed E-state index contributed by atoms with van der Waals surface area (Å²) in [5, 5.41) is 0. The van der Waals surface area contributed by atoms with Crippen LogP contribution in [0.3, 0.4) is 0 Å². The topological polar surface area (TPSA) is 58.8 Å². The van der Waals surface area contributed by atoms with Crippen LogP contribution in [0.25, 0.3) is 22.3 Å². The van der Waals surface area contributed by atoms with Crippen LogP contribution in [0.15, 0.2) is 97.1 Å². The van der Waals surface area contributed by atoms with Crippen molar-refractivity contribution in [2.45, 2.75) is 32.5 Å². The van der Waals surface area contributed by atoms with E-state index in [1.807, 2.05) is 89.8 Å². The van der Waals surface area contributed by atoms with E-state index in [9.17, 15) is 9.18 Å². The van der Waals surface area contributed by atoms with E-state index in [1.54, 1.807) is 0 Å². The Morgan fingerprint density at radius 3 is 1.97 bits per heavy atom. The minimum absolute atomic E-state index is 0.0198. The molecule has 1 heterocycles. The first-order valence-corrected chi connectivity index (χ1v) is 13.3. The van der Waals surface area contributed by atoms with Crippen molar-refractivity contribution in [2.75, 3.05) is 25.4 Å². The quantitative estimate of drug-likeness (QED) is 0.291. The van der Waals surface area contributed by atoms with Crippen molar-refractivity contribution in [1.82, 2.24) is 9.80 Å². The van der Waals surface area contributed by atoms with Crippen molar-refractivity contribution in [3.05, 3.63) is 108 Å². The predicted molar refractivity (Wildman–Crippen MR) is 155 cm³/mol. The molecular formula is C33H34FN3O2. The Hall–Kier alpha value is -4.16. The molecule has 4 aromatic rings. The second kappa shape index (κ2) is 11.7. The van der Waals surface area contributed by atoms with Gasteiger partial charge in [-0.15, -0.1) is 0 Å². The maximum atomic E-state index is 13.5. The molecule has 5 rings (SSSR count). The van der Waals surface area contributed by atoms with Crippen LogP contribution in [0.2, 0.25) is 0 Å². The van der Waals surface area contributed by atoms with Crippen molar-refractivity contribution < 1.29 is 13.9 Å². The molecule has 0 aromatic heterocycles. The molecule has 2 atom stereocenters. The number of nitrogen functional groups attached to an aromatic ring is 1. The second-order valence-corrected chi connectivity index (χ2v) is 10.3. The van der Waals surface area contributed by atoms with E-state index < -0.39 is 0 Å². The van der Waals surface area contributed by atoms with E-state index in [0.717, 1.165) is 40.9 Å². The summed E-state index contributed by atoms with van der Waals surface area (Å²) in [5.41, 5.74) is 11.7. The number of amides is 1. The van der Waals surface area contributed by atoms with Gasteiger partial charge in [0.15, 0.2) is 6.61 Å². The van der Waals surface area contributed by atoms with Gasteiger partial charge in [0.25, 0.3) is 5.91 Å². The van der Waals surface area contributed by atoms with Crippen molar-refractivity contribution in [2.24, 2.45) is 0 Å². The van der Waals surface area contributed by atoms with Gasteiger partial charge in [0.1, 0.15) is 11.6 Å². The number of rotatable bonds is 7. The highest BCUT2D eigenvalue weighted by Gasteiger charge is 2.32. The Balaban J connectivity index is 1.35. The molecule has 1 saturated heterocycles. The monoisotopic (exact) mass is 523 g/mol. The molecule has 1 aliphatic heterocycles. The number of carbonyl (C=O) groups is 1. The fourth-order valence-electron chi connectivity index (χ4n) is 5.28. The van der Waals surface area contributed by atoms with Gasteiger partial charge in [-0.05, 0) is 54.8 Å². The Kier molecular flexibility index (Phi) is 7.94. The van der Waals surface area contributed by atoms with Gasteiger partial charge in [-0.2, -0.15) is 0 Å². The van der Waals surface area contributed by atoms with E-state index >= 15 is 0 Å². The number of carbonyl (C=O) groups excluding carboxylic acids is 1. The normalized spacial score (nSPS) is 17.7. The van der Waals surface area contributed by atoms with Gasteiger partial charge >= 0.3 is 0 Å². The number of nitrogens with two attached hydrogens (primary N) is 1. The van der Waals surface area contributed by atoms with Crippen molar-refractivity contribution in [1.29, 1.82) is 0 Å². The van der Waals surface area contributed by atoms with E-state index in [-0.39, 0.29) is 30.4 Å². The van der Waals surface area contributed by atoms with E-state index in [0.29, 0.717) is 18.0 Å². The average Bonchev–Trinajstić information content (AvgIpc) is 2.95. The summed E-state index contributed by atoms with van der Waals surface area (Å²) >= 11 is 0. The SMILES string of the molecule is C[C@@H]1CN(C(=O)COc2c(-c3ccccc3)cc(N)cc2-c2ccccc2)[C@@H](C)CN1Cc1ccc(F)cc1. The molecule has 0 radical (unpaired) electrons. The summed E-state index contributed by atoms with van der Waals surface area (Å²) < 4.78 is 19.7. The lowest BCUT2D eigenvalue weighted by molar-refractivity contribution is -0.139. The molecule has 4 aromatic carbocycles. The zero-order valence-corrected chi connectivity index (χ0v) is 22.4. The number of halogens is 1. The lowest BCUT2D eigenvalue weighted by Gasteiger charge is -2.44. The molecule has 1 fully saturated rings. The van der Waals surface area contributed by atoms with Crippen LogP contribution in [0.4, 0.5) is 10.1 Å². The summed E-state index contributed by atoms with van der Waals surface area (Å²) in [6.45, 7) is 6.17. The largest absolute Gasteiger partial charge is 0.482 e. The highest BCUT2D eigenvalue weighted by Crippen LogP contribution is 2.41. The number of benzene rings is 4. The van der Waals surface area contributed by atoms with Crippen LogP contribution in [0, 0.1) is 5.82 Å². The fourth-order valence-corrected chi connectivity index (χ4v) is 5.28. The average molecular weight is 524 g/mol. The van der Waals surface area contributed by atoms with E-state index in [2.05, 4.69) is 18.7 Å². The Morgan fingerprint density at radius 2 is 1.41 bits per heavy atom. The molecule has 5 nitrogen and oxygen atoms in total. The number of piperazine rings is 1. The molecule has 6 heteroatoms. The van der Waals surface area contributed by atoms with Crippen LogP contribution < -0.4 is 10.5 Å². The smallest absolute Gasteiger partial charge is 0.260 e. The number of hydrogen-bond donors (Lipinski definition) is 1. The summed E-state index contributed by atoms with van der Waals surface area (Å²) in [6.07, 6.45) is 0. The fraction of sp³-hybridized carbons (Fsp3) is 0.242. The van der Waals surface area contributed by atoms with Gasteiger partial charge in [0, 0.05) is 48.5 Å². The van der Waals surface area contributed by atoms with E-state index in [1.165, 1.54) is 12.1 Å². The molecule has 200 valence electrons. The minimum atomic E-state index is -0.234. The summed E-state index contributed by atoms with van der Waals surface area (Å²) in [7, 11) is 0. The molecule has 0 bridgehead atoms. The van der Waals surface area contributed by atoms with Crippen LogP contribution in [0.1, 0.15) is 19.4 Å². The third-order valence-electron chi connectivity index (χ3n) is 7.36. The van der Waals surface area contributed by atoms with Gasteiger partial charge in [-0.25, -0.2) is 4.39 Å². The highest BCUT2D eigenvalue weighted by molar-refractivity contribution is 5.87. The zero-order valence-electron chi connectivity index (χ0n) is 22.4. The molecule has 1 amide bonds. The van der Waals surface area contributed by atoms with Crippen LogP contribution in [-0.4, -0.2) is 47.5 Å². The standard InChI is InChI=1S/C33H34FN3O2/c1-23-20-37(24(2)19-36(23)21-25-13-15-28(34)16-14-25)32(38)22-39-33-30(26-9-5-3-6-10-26)17-29(35)18-31(33)27-11-7-4-8-12-27/h3-18,23-24H,19-22,35H2,1-2H3/t23-,24+/m1/s1. The van der Waals surface area contributed by atoms with Crippen LogP contribution in [0.5, 0.6) is 5.75 Å². The number of anilines is 1. The van der Waals surface area contributed by atoms with Gasteiger partial charge in [0.2, 0.25) is 0 Å². The maximum absolute atomic E-state index is 13.5. The van der Waals surface area contributed by atoms with Crippen molar-refractivity contribution >= 4 is 11.6 Å². The highest BCUT2D eigenvalue weighted by atomic mass is 19.1. The molecule has 2 N–H and O–H groups in total. The number of ether oxygens (including phenoxy) is 1. The Bertz CT molecular complexity index is 1350. The van der Waals surface area contributed by atoms with Crippen LogP contribution in [-0.2, 0) is 11.3 Å². The summed E-state index contributed by atoms with van der Waals surface area (Å²) in [4.78, 5) is 17.8. The number of nitrogens with zero attached hydrogens (tertiary/aromatic N) is 2. The lowest BCUT2D eigenvalue weighted by Crippen LogP contribution is -2.58. The zero-order chi connectivity index (χ0) is 27.4. The Morgan fingerprint density at radius 1 is 0.846 bits per heavy atom. The third-order valence-corrected chi connectivity index (χ3v) is 7.36. The first-order valence-electron chi connectivity index (χ1n) is 13.3. The third kappa shape index (κ3) is 6.13. The van der Waals surface area contributed by atoms with Crippen molar-refractivity contribution in [3.8, 4) is 28.0 Å².